The Kier molecular flexibility index (Phi) is 5.01. The first-order valence-electron chi connectivity index (χ1n) is 4.55. The summed E-state index contributed by atoms with van der Waals surface area (Å²) in [4.78, 5) is 27.1. The summed E-state index contributed by atoms with van der Waals surface area (Å²) in [5.74, 6) is -0.445. The van der Waals surface area contributed by atoms with E-state index in [9.17, 15) is 9.59 Å². The third-order valence-corrected chi connectivity index (χ3v) is 2.98. The Bertz CT molecular complexity index is 447. The summed E-state index contributed by atoms with van der Waals surface area (Å²) in [6.07, 6.45) is 3.22. The van der Waals surface area contributed by atoms with Crippen LogP contribution < -0.4 is 5.56 Å². The van der Waals surface area contributed by atoms with E-state index >= 15 is 0 Å². The van der Waals surface area contributed by atoms with Crippen molar-refractivity contribution in [1.82, 2.24) is 9.55 Å². The highest BCUT2D eigenvalue weighted by Gasteiger charge is 2.12. The molecule has 0 fully saturated rings. The lowest BCUT2D eigenvalue weighted by atomic mass is 10.5. The van der Waals surface area contributed by atoms with Crippen molar-refractivity contribution in [3.8, 4) is 0 Å². The largest absolute Gasteiger partial charge is 0.465 e. The number of carbonyl (C=O) groups excluding carboxylic acids is 1. The van der Waals surface area contributed by atoms with Gasteiger partial charge < -0.3 is 4.74 Å². The summed E-state index contributed by atoms with van der Waals surface area (Å²) in [6.45, 7) is 1.90. The van der Waals surface area contributed by atoms with Crippen molar-refractivity contribution in [2.24, 2.45) is 0 Å². The van der Waals surface area contributed by atoms with Gasteiger partial charge >= 0.3 is 5.97 Å². The van der Waals surface area contributed by atoms with E-state index in [-0.39, 0.29) is 12.1 Å². The fourth-order valence-electron chi connectivity index (χ4n) is 1.09. The molecule has 16 heavy (non-hydrogen) atoms. The lowest BCUT2D eigenvalue weighted by Crippen LogP contribution is -2.27. The van der Waals surface area contributed by atoms with Crippen LogP contribution in [0.2, 0.25) is 0 Å². The smallest absolute Gasteiger partial charge is 0.326 e. The second-order valence-corrected chi connectivity index (χ2v) is 4.42. The van der Waals surface area contributed by atoms with Crippen LogP contribution in [-0.4, -0.2) is 28.4 Å². The number of aromatic nitrogens is 2. The number of ether oxygens (including phenoxy) is 1. The predicted octanol–water partition coefficient (Wildman–Crippen LogP) is 1.29. The number of hydrogen-bond donors (Lipinski definition) is 0. The highest BCUT2D eigenvalue weighted by Crippen LogP contribution is 2.11. The van der Waals surface area contributed by atoms with Gasteiger partial charge in [0.2, 0.25) is 0 Å². The number of rotatable bonds is 4. The Morgan fingerprint density at radius 2 is 2.38 bits per heavy atom. The molecule has 7 heteroatoms. The van der Waals surface area contributed by atoms with Crippen LogP contribution in [0.4, 0.5) is 0 Å². The van der Waals surface area contributed by atoms with Crippen LogP contribution in [0.15, 0.2) is 20.6 Å². The van der Waals surface area contributed by atoms with Crippen LogP contribution in [-0.2, 0) is 16.1 Å². The summed E-state index contributed by atoms with van der Waals surface area (Å²) in [5, 5.41) is 0.487. The van der Waals surface area contributed by atoms with Crippen molar-refractivity contribution >= 4 is 33.7 Å². The van der Waals surface area contributed by atoms with Gasteiger partial charge in [0, 0.05) is 6.20 Å². The molecule has 0 saturated carbocycles. The number of halogens is 1. The third kappa shape index (κ3) is 3.08. The van der Waals surface area contributed by atoms with Crippen LogP contribution >= 0.6 is 27.7 Å². The predicted molar refractivity (Wildman–Crippen MR) is 64.6 cm³/mol. The SMILES string of the molecule is CCOC(=O)Cn1c(SC)ncc(Br)c1=O. The maximum absolute atomic E-state index is 11.7. The number of nitrogens with zero attached hydrogens (tertiary/aromatic N) is 2. The van der Waals surface area contributed by atoms with Gasteiger partial charge in [0.25, 0.3) is 5.56 Å². The monoisotopic (exact) mass is 306 g/mol. The Morgan fingerprint density at radius 3 is 2.94 bits per heavy atom. The van der Waals surface area contributed by atoms with Crippen molar-refractivity contribution < 1.29 is 9.53 Å². The van der Waals surface area contributed by atoms with E-state index in [2.05, 4.69) is 20.9 Å². The standard InChI is InChI=1S/C9H11BrN2O3S/c1-3-15-7(13)5-12-8(14)6(10)4-11-9(12)16-2/h4H,3,5H2,1-2H3. The van der Waals surface area contributed by atoms with Gasteiger partial charge in [-0.3, -0.25) is 14.2 Å². The molecule has 0 spiro atoms. The van der Waals surface area contributed by atoms with Crippen LogP contribution in [0.1, 0.15) is 6.92 Å². The number of hydrogen-bond acceptors (Lipinski definition) is 5. The topological polar surface area (TPSA) is 61.2 Å². The van der Waals surface area contributed by atoms with Gasteiger partial charge in [0.05, 0.1) is 6.61 Å². The zero-order valence-electron chi connectivity index (χ0n) is 8.90. The van der Waals surface area contributed by atoms with Crippen molar-refractivity contribution in [1.29, 1.82) is 0 Å². The molecule has 0 aliphatic rings. The van der Waals surface area contributed by atoms with Crippen LogP contribution in [0.3, 0.4) is 0 Å². The van der Waals surface area contributed by atoms with E-state index in [1.165, 1.54) is 22.5 Å². The molecule has 0 saturated heterocycles. The molecule has 0 aliphatic carbocycles. The maximum atomic E-state index is 11.7. The molecule has 0 aromatic carbocycles. The Labute approximate surface area is 105 Å². The Morgan fingerprint density at radius 1 is 1.69 bits per heavy atom. The molecule has 1 heterocycles. The molecule has 88 valence electrons. The number of esters is 1. The van der Waals surface area contributed by atoms with Gasteiger partial charge in [0.1, 0.15) is 11.0 Å². The second-order valence-electron chi connectivity index (χ2n) is 2.79. The Hall–Kier alpha value is -0.820. The number of carbonyl (C=O) groups is 1. The maximum Gasteiger partial charge on any atom is 0.326 e. The molecule has 1 aromatic rings. The van der Waals surface area contributed by atoms with E-state index in [4.69, 9.17) is 4.74 Å². The van der Waals surface area contributed by atoms with Crippen molar-refractivity contribution in [3.63, 3.8) is 0 Å². The van der Waals surface area contributed by atoms with E-state index in [0.29, 0.717) is 16.2 Å². The third-order valence-electron chi connectivity index (χ3n) is 1.74. The molecule has 0 unspecified atom stereocenters. The normalized spacial score (nSPS) is 10.2. The van der Waals surface area contributed by atoms with Gasteiger partial charge in [-0.25, -0.2) is 4.98 Å². The van der Waals surface area contributed by atoms with Crippen LogP contribution in [0, 0.1) is 0 Å². The molecule has 0 bridgehead atoms. The summed E-state index contributed by atoms with van der Waals surface area (Å²) >= 11 is 4.38. The molecule has 0 aliphatic heterocycles. The van der Waals surface area contributed by atoms with Crippen molar-refractivity contribution in [2.75, 3.05) is 12.9 Å². The molecule has 0 amide bonds. The minimum atomic E-state index is -0.445. The average Bonchev–Trinajstić information content (AvgIpc) is 2.25. The van der Waals surface area contributed by atoms with E-state index in [0.717, 1.165) is 0 Å². The Balaban J connectivity index is 3.06. The quantitative estimate of drug-likeness (QED) is 0.476. The van der Waals surface area contributed by atoms with Gasteiger partial charge in [-0.05, 0) is 29.1 Å². The molecule has 5 nitrogen and oxygen atoms in total. The van der Waals surface area contributed by atoms with E-state index in [1.54, 1.807) is 13.2 Å². The zero-order valence-corrected chi connectivity index (χ0v) is 11.3. The molecular weight excluding hydrogens is 296 g/mol. The van der Waals surface area contributed by atoms with Gasteiger partial charge in [0.15, 0.2) is 5.16 Å². The van der Waals surface area contributed by atoms with E-state index < -0.39 is 5.97 Å². The van der Waals surface area contributed by atoms with E-state index in [1.807, 2.05) is 0 Å². The minimum absolute atomic E-state index is 0.116. The molecular formula is C9H11BrN2O3S. The fourth-order valence-corrected chi connectivity index (χ4v) is 1.93. The van der Waals surface area contributed by atoms with Crippen molar-refractivity contribution in [3.05, 3.63) is 21.0 Å². The lowest BCUT2D eigenvalue weighted by Gasteiger charge is -2.09. The summed E-state index contributed by atoms with van der Waals surface area (Å²) in [5.41, 5.74) is -0.285. The fraction of sp³-hybridized carbons (Fsp3) is 0.444. The first-order valence-corrected chi connectivity index (χ1v) is 6.56. The highest BCUT2D eigenvalue weighted by molar-refractivity contribution is 9.10. The molecule has 0 N–H and O–H groups in total. The average molecular weight is 307 g/mol. The number of thioether (sulfide) groups is 1. The summed E-state index contributed by atoms with van der Waals surface area (Å²) in [6, 6.07) is 0. The first kappa shape index (κ1) is 13.2. The zero-order chi connectivity index (χ0) is 12.1. The summed E-state index contributed by atoms with van der Waals surface area (Å²) < 4.78 is 6.40. The van der Waals surface area contributed by atoms with Crippen LogP contribution in [0.25, 0.3) is 0 Å². The van der Waals surface area contributed by atoms with Gasteiger partial charge in [-0.15, -0.1) is 0 Å². The first-order chi connectivity index (χ1) is 7.60. The molecule has 1 rings (SSSR count). The molecule has 0 atom stereocenters. The molecule has 0 radical (unpaired) electrons. The van der Waals surface area contributed by atoms with Crippen molar-refractivity contribution in [2.45, 2.75) is 18.6 Å². The molecule has 1 aromatic heterocycles. The second kappa shape index (κ2) is 6.05. The van der Waals surface area contributed by atoms with Gasteiger partial charge in [-0.1, -0.05) is 11.8 Å². The minimum Gasteiger partial charge on any atom is -0.465 e. The lowest BCUT2D eigenvalue weighted by molar-refractivity contribution is -0.144. The van der Waals surface area contributed by atoms with Gasteiger partial charge in [-0.2, -0.15) is 0 Å². The van der Waals surface area contributed by atoms with Crippen LogP contribution in [0.5, 0.6) is 0 Å². The summed E-state index contributed by atoms with van der Waals surface area (Å²) in [7, 11) is 0. The highest BCUT2D eigenvalue weighted by atomic mass is 79.9.